The van der Waals surface area contributed by atoms with Crippen molar-refractivity contribution in [2.24, 2.45) is 5.73 Å². The Morgan fingerprint density at radius 2 is 1.78 bits per heavy atom. The van der Waals surface area contributed by atoms with Gasteiger partial charge in [0.05, 0.1) is 18.2 Å². The molecule has 2 aromatic rings. The van der Waals surface area contributed by atoms with Gasteiger partial charge in [-0.2, -0.15) is 0 Å². The zero-order chi connectivity index (χ0) is 13.1. The van der Waals surface area contributed by atoms with Crippen molar-refractivity contribution in [1.82, 2.24) is 0 Å². The summed E-state index contributed by atoms with van der Waals surface area (Å²) in [4.78, 5) is 0. The molecule has 1 unspecified atom stereocenters. The monoisotopic (exact) mass is 281 g/mol. The summed E-state index contributed by atoms with van der Waals surface area (Å²) < 4.78 is 5.18. The Morgan fingerprint density at radius 3 is 2.44 bits per heavy atom. The van der Waals surface area contributed by atoms with Crippen molar-refractivity contribution >= 4 is 23.2 Å². The van der Waals surface area contributed by atoms with Crippen LogP contribution in [0.1, 0.15) is 17.2 Å². The van der Waals surface area contributed by atoms with Gasteiger partial charge in [0.1, 0.15) is 5.75 Å². The molecule has 0 spiro atoms. The van der Waals surface area contributed by atoms with E-state index in [1.54, 1.807) is 13.2 Å². The summed E-state index contributed by atoms with van der Waals surface area (Å²) in [6, 6.07) is 12.7. The third-order valence-electron chi connectivity index (χ3n) is 2.77. The summed E-state index contributed by atoms with van der Waals surface area (Å²) in [6.07, 6.45) is 0. The number of halogens is 2. The number of ether oxygens (including phenoxy) is 1. The maximum Gasteiger partial charge on any atom is 0.137 e. The van der Waals surface area contributed by atoms with Crippen LogP contribution < -0.4 is 10.5 Å². The second kappa shape index (κ2) is 5.61. The fourth-order valence-corrected chi connectivity index (χ4v) is 2.22. The molecule has 1 atom stereocenters. The fraction of sp³-hybridized carbons (Fsp3) is 0.143. The molecule has 0 aromatic heterocycles. The van der Waals surface area contributed by atoms with Gasteiger partial charge in [-0.15, -0.1) is 0 Å². The Labute approximate surface area is 116 Å². The lowest BCUT2D eigenvalue weighted by Gasteiger charge is -2.15. The normalized spacial score (nSPS) is 12.2. The Balaban J connectivity index is 2.40. The molecule has 2 nitrogen and oxygen atoms in total. The summed E-state index contributed by atoms with van der Waals surface area (Å²) in [6.45, 7) is 0. The number of hydrogen-bond donors (Lipinski definition) is 1. The van der Waals surface area contributed by atoms with Crippen LogP contribution in [0.5, 0.6) is 5.75 Å². The molecule has 0 saturated heterocycles. The Kier molecular flexibility index (Phi) is 4.12. The predicted octanol–water partition coefficient (Wildman–Crippen LogP) is 4.05. The van der Waals surface area contributed by atoms with Gasteiger partial charge < -0.3 is 10.5 Å². The van der Waals surface area contributed by atoms with Crippen molar-refractivity contribution in [3.63, 3.8) is 0 Å². The van der Waals surface area contributed by atoms with Crippen LogP contribution in [-0.2, 0) is 0 Å². The average Bonchev–Trinajstić information content (AvgIpc) is 2.39. The molecule has 0 aliphatic heterocycles. The van der Waals surface area contributed by atoms with Crippen molar-refractivity contribution in [2.75, 3.05) is 7.11 Å². The number of nitrogens with two attached hydrogens (primary N) is 1. The maximum atomic E-state index is 6.21. The first-order valence-electron chi connectivity index (χ1n) is 5.47. The van der Waals surface area contributed by atoms with Crippen molar-refractivity contribution in [1.29, 1.82) is 0 Å². The van der Waals surface area contributed by atoms with Crippen molar-refractivity contribution in [3.05, 3.63) is 63.6 Å². The van der Waals surface area contributed by atoms with Crippen molar-refractivity contribution < 1.29 is 4.74 Å². The molecule has 4 heteroatoms. The van der Waals surface area contributed by atoms with Gasteiger partial charge in [0.25, 0.3) is 0 Å². The Bertz CT molecular complexity index is 557. The SMILES string of the molecule is COc1cc(C(N)c2ccccc2Cl)ccc1Cl. The molecule has 0 bridgehead atoms. The lowest BCUT2D eigenvalue weighted by atomic mass is 9.99. The van der Waals surface area contributed by atoms with Gasteiger partial charge in [0, 0.05) is 5.02 Å². The van der Waals surface area contributed by atoms with Crippen LogP contribution in [0.25, 0.3) is 0 Å². The number of rotatable bonds is 3. The van der Waals surface area contributed by atoms with Crippen molar-refractivity contribution in [2.45, 2.75) is 6.04 Å². The summed E-state index contributed by atoms with van der Waals surface area (Å²) in [5.41, 5.74) is 7.99. The largest absolute Gasteiger partial charge is 0.495 e. The number of hydrogen-bond acceptors (Lipinski definition) is 2. The highest BCUT2D eigenvalue weighted by molar-refractivity contribution is 6.32. The smallest absolute Gasteiger partial charge is 0.137 e. The molecule has 2 N–H and O–H groups in total. The molecule has 18 heavy (non-hydrogen) atoms. The first-order chi connectivity index (χ1) is 8.63. The molecular formula is C14H13Cl2NO. The van der Waals surface area contributed by atoms with E-state index < -0.39 is 0 Å². The average molecular weight is 282 g/mol. The fourth-order valence-electron chi connectivity index (χ4n) is 1.78. The van der Waals surface area contributed by atoms with E-state index in [4.69, 9.17) is 33.7 Å². The van der Waals surface area contributed by atoms with Crippen LogP contribution in [0.3, 0.4) is 0 Å². The topological polar surface area (TPSA) is 35.2 Å². The van der Waals surface area contributed by atoms with Gasteiger partial charge in [-0.25, -0.2) is 0 Å². The highest BCUT2D eigenvalue weighted by Crippen LogP contribution is 2.31. The molecule has 0 fully saturated rings. The van der Waals surface area contributed by atoms with E-state index in [0.717, 1.165) is 11.1 Å². The summed E-state index contributed by atoms with van der Waals surface area (Å²) in [5, 5.41) is 1.21. The second-order valence-electron chi connectivity index (χ2n) is 3.89. The minimum absolute atomic E-state index is 0.301. The van der Waals surface area contributed by atoms with E-state index >= 15 is 0 Å². The second-order valence-corrected chi connectivity index (χ2v) is 4.71. The third-order valence-corrected chi connectivity index (χ3v) is 3.43. The lowest BCUT2D eigenvalue weighted by Crippen LogP contribution is -2.12. The quantitative estimate of drug-likeness (QED) is 0.921. The number of benzene rings is 2. The van der Waals surface area contributed by atoms with Crippen LogP contribution in [-0.4, -0.2) is 7.11 Å². The molecule has 2 rings (SSSR count). The standard InChI is InChI=1S/C14H13Cl2NO/c1-18-13-8-9(6-7-12(13)16)14(17)10-4-2-3-5-11(10)15/h2-8,14H,17H2,1H3. The zero-order valence-electron chi connectivity index (χ0n) is 9.86. The highest BCUT2D eigenvalue weighted by Gasteiger charge is 2.13. The molecule has 0 aliphatic rings. The zero-order valence-corrected chi connectivity index (χ0v) is 11.4. The van der Waals surface area contributed by atoms with E-state index in [-0.39, 0.29) is 6.04 Å². The van der Waals surface area contributed by atoms with Crippen LogP contribution >= 0.6 is 23.2 Å². The van der Waals surface area contributed by atoms with Gasteiger partial charge in [-0.3, -0.25) is 0 Å². The van der Waals surface area contributed by atoms with Crippen molar-refractivity contribution in [3.8, 4) is 5.75 Å². The van der Waals surface area contributed by atoms with Crippen LogP contribution in [0, 0.1) is 0 Å². The van der Waals surface area contributed by atoms with Gasteiger partial charge in [0.15, 0.2) is 0 Å². The molecule has 94 valence electrons. The molecular weight excluding hydrogens is 269 g/mol. The molecule has 2 aromatic carbocycles. The summed E-state index contributed by atoms with van der Waals surface area (Å²) in [5.74, 6) is 0.608. The van der Waals surface area contributed by atoms with Crippen LogP contribution in [0.15, 0.2) is 42.5 Å². The van der Waals surface area contributed by atoms with E-state index in [2.05, 4.69) is 0 Å². The van der Waals surface area contributed by atoms with Gasteiger partial charge in [0.2, 0.25) is 0 Å². The molecule has 0 heterocycles. The van der Waals surface area contributed by atoms with Crippen LogP contribution in [0.4, 0.5) is 0 Å². The number of methoxy groups -OCH3 is 1. The lowest BCUT2D eigenvalue weighted by molar-refractivity contribution is 0.414. The first kappa shape index (κ1) is 13.2. The third kappa shape index (κ3) is 2.61. The molecule has 0 saturated carbocycles. The molecule has 0 radical (unpaired) electrons. The van der Waals surface area contributed by atoms with E-state index in [9.17, 15) is 0 Å². The summed E-state index contributed by atoms with van der Waals surface area (Å²) >= 11 is 12.1. The Morgan fingerprint density at radius 1 is 1.06 bits per heavy atom. The minimum Gasteiger partial charge on any atom is -0.495 e. The van der Waals surface area contributed by atoms with Crippen LogP contribution in [0.2, 0.25) is 10.0 Å². The van der Waals surface area contributed by atoms with Gasteiger partial charge in [-0.05, 0) is 29.3 Å². The Hall–Kier alpha value is -1.22. The predicted molar refractivity (Wildman–Crippen MR) is 75.5 cm³/mol. The first-order valence-corrected chi connectivity index (χ1v) is 6.22. The maximum absolute atomic E-state index is 6.21. The molecule has 0 amide bonds. The van der Waals surface area contributed by atoms with Gasteiger partial charge >= 0.3 is 0 Å². The van der Waals surface area contributed by atoms with Gasteiger partial charge in [-0.1, -0.05) is 47.5 Å². The molecule has 0 aliphatic carbocycles. The minimum atomic E-state index is -0.301. The highest BCUT2D eigenvalue weighted by atomic mass is 35.5. The van der Waals surface area contributed by atoms with E-state index in [0.29, 0.717) is 15.8 Å². The van der Waals surface area contributed by atoms with E-state index in [1.165, 1.54) is 0 Å². The van der Waals surface area contributed by atoms with E-state index in [1.807, 2.05) is 36.4 Å². The summed E-state index contributed by atoms with van der Waals surface area (Å²) in [7, 11) is 1.58.